The topological polar surface area (TPSA) is 16.4 Å². The van der Waals surface area contributed by atoms with Gasteiger partial charge in [-0.3, -0.25) is 0 Å². The number of rotatable bonds is 8. The number of hydrogen-bond acceptors (Lipinski definition) is 2. The summed E-state index contributed by atoms with van der Waals surface area (Å²) in [5, 5.41) is 3.63. The SMILES string of the molecule is [2H]c1c([2H])c([2H])c(-c2c([2H])c([2H])c(-c3c([2H])c([2H])c(N(c4ccc(-c5cccc6oc7c8ccccc8ccc7c56)cc4)c4c([2H])c([2H])c(-c5cccc(-c6ccccc6)c5)c([2H])c4[2H])c([2H])c3[2H])c([2H])c2[2H])c([2H])c1[2H]. The van der Waals surface area contributed by atoms with Crippen LogP contribution in [0.5, 0.6) is 0 Å². The van der Waals surface area contributed by atoms with Gasteiger partial charge in [0.15, 0.2) is 0 Å². The van der Waals surface area contributed by atoms with Crippen LogP contribution in [0, 0.1) is 0 Å². The molecule has 11 rings (SSSR count). The highest BCUT2D eigenvalue weighted by atomic mass is 16.3. The summed E-state index contributed by atoms with van der Waals surface area (Å²) in [5.74, 6) is 0. The quantitative estimate of drug-likeness (QED) is 0.153. The molecule has 0 bridgehead atoms. The molecular weight excluding hydrogens is 727 g/mol. The lowest BCUT2D eigenvalue weighted by Crippen LogP contribution is -2.09. The van der Waals surface area contributed by atoms with E-state index in [9.17, 15) is 11.0 Å². The Morgan fingerprint density at radius 3 is 1.58 bits per heavy atom. The molecule has 0 N–H and O–H groups in total. The van der Waals surface area contributed by atoms with E-state index in [-0.39, 0.29) is 11.3 Å². The molecular formula is C58H39NO. The molecule has 1 aromatic heterocycles. The third kappa shape index (κ3) is 6.51. The molecule has 0 aliphatic heterocycles. The van der Waals surface area contributed by atoms with Crippen LogP contribution >= 0.6 is 0 Å². The van der Waals surface area contributed by atoms with E-state index in [2.05, 4.69) is 0 Å². The Kier molecular flexibility index (Phi) is 5.46. The fraction of sp³-hybridized carbons (Fsp3) is 0. The minimum Gasteiger partial charge on any atom is -0.455 e. The van der Waals surface area contributed by atoms with Gasteiger partial charge in [-0.2, -0.15) is 0 Å². The zero-order valence-corrected chi connectivity index (χ0v) is 31.6. The first-order valence-electron chi connectivity index (χ1n) is 27.6. The Balaban J connectivity index is 1.12. The van der Waals surface area contributed by atoms with Gasteiger partial charge in [-0.15, -0.1) is 0 Å². The molecule has 10 aromatic carbocycles. The number of nitrogens with zero attached hydrogens (tertiary/aromatic N) is 1. The van der Waals surface area contributed by atoms with Gasteiger partial charge in [0.05, 0.1) is 23.3 Å². The van der Waals surface area contributed by atoms with Crippen molar-refractivity contribution in [2.24, 2.45) is 0 Å². The van der Waals surface area contributed by atoms with E-state index in [0.717, 1.165) is 43.1 Å². The zero-order chi connectivity index (χ0) is 54.6. The van der Waals surface area contributed by atoms with Crippen LogP contribution in [0.4, 0.5) is 17.1 Å². The summed E-state index contributed by atoms with van der Waals surface area (Å²) in [4.78, 5) is 1.12. The molecule has 0 unspecified atom stereocenters. The van der Waals surface area contributed by atoms with Gasteiger partial charge in [0.25, 0.3) is 0 Å². The monoisotopic (exact) mass is 782 g/mol. The van der Waals surface area contributed by atoms with Crippen molar-refractivity contribution in [1.29, 1.82) is 0 Å². The van der Waals surface area contributed by atoms with Gasteiger partial charge in [-0.1, -0.05) is 182 Å². The largest absolute Gasteiger partial charge is 0.455 e. The van der Waals surface area contributed by atoms with E-state index in [1.54, 1.807) is 42.5 Å². The number of fused-ring (bicyclic) bond motifs is 5. The third-order valence-corrected chi connectivity index (χ3v) is 10.4. The van der Waals surface area contributed by atoms with E-state index in [0.29, 0.717) is 22.3 Å². The van der Waals surface area contributed by atoms with E-state index in [1.807, 2.05) is 91.0 Å². The van der Waals surface area contributed by atoms with Crippen molar-refractivity contribution in [1.82, 2.24) is 0 Å². The maximum absolute atomic E-state index is 9.63. The fourth-order valence-electron chi connectivity index (χ4n) is 7.48. The lowest BCUT2D eigenvalue weighted by Gasteiger charge is -2.26. The van der Waals surface area contributed by atoms with Crippen LogP contribution in [-0.4, -0.2) is 0 Å². The van der Waals surface area contributed by atoms with Gasteiger partial charge in [-0.05, 0) is 116 Å². The smallest absolute Gasteiger partial charge is 0.143 e. The van der Waals surface area contributed by atoms with Crippen LogP contribution < -0.4 is 4.90 Å². The Morgan fingerprint density at radius 1 is 0.350 bits per heavy atom. The van der Waals surface area contributed by atoms with Crippen molar-refractivity contribution in [3.63, 3.8) is 0 Å². The van der Waals surface area contributed by atoms with Crippen LogP contribution in [0.2, 0.25) is 0 Å². The van der Waals surface area contributed by atoms with E-state index in [4.69, 9.17) is 16.8 Å². The zero-order valence-electron chi connectivity index (χ0n) is 48.6. The molecule has 0 amide bonds. The van der Waals surface area contributed by atoms with Crippen LogP contribution in [0.3, 0.4) is 0 Å². The fourth-order valence-corrected chi connectivity index (χ4v) is 7.48. The standard InChI is InChI=1S/C58H39NO/c1-3-11-40(12-4-1)42-21-23-43(24-22-42)44-25-32-50(33-26-44)59(51-34-27-45(28-35-51)49-17-9-16-48(39-49)41-13-5-2-6-14-41)52-36-29-47(30-37-52)53-19-10-20-56-57(53)55-38-31-46-15-7-8-18-54(46)58(55)60-56/h1-39H/i1D,3D,4D,11D,12D,21D,22D,23D,24D,25D,26D,27D,28D,32D,33D,34D,35D. The predicted octanol–water partition coefficient (Wildman–Crippen LogP) is 16.5. The normalized spacial score (nSPS) is 15.3. The molecule has 0 aliphatic carbocycles. The van der Waals surface area contributed by atoms with Gasteiger partial charge in [0, 0.05) is 33.2 Å². The van der Waals surface area contributed by atoms with Gasteiger partial charge < -0.3 is 9.32 Å². The number of anilines is 3. The molecule has 282 valence electrons. The Hall–Kier alpha value is -7.94. The number of furan rings is 1. The summed E-state index contributed by atoms with van der Waals surface area (Å²) < 4.78 is 161. The van der Waals surface area contributed by atoms with Crippen LogP contribution in [0.1, 0.15) is 23.3 Å². The highest BCUT2D eigenvalue weighted by molar-refractivity contribution is 6.19. The summed E-state index contributed by atoms with van der Waals surface area (Å²) in [5.41, 5.74) is 1.35. The average molecular weight is 783 g/mol. The van der Waals surface area contributed by atoms with Gasteiger partial charge in [0.2, 0.25) is 0 Å². The molecule has 11 aromatic rings. The van der Waals surface area contributed by atoms with Gasteiger partial charge >= 0.3 is 0 Å². The maximum Gasteiger partial charge on any atom is 0.143 e. The molecule has 0 radical (unpaired) electrons. The maximum atomic E-state index is 9.63. The lowest BCUT2D eigenvalue weighted by molar-refractivity contribution is 0.673. The van der Waals surface area contributed by atoms with Crippen molar-refractivity contribution >= 4 is 49.8 Å². The second kappa shape index (κ2) is 15.1. The molecule has 0 saturated carbocycles. The Bertz CT molecular complexity index is 4190. The minimum absolute atomic E-state index is 0.0321. The highest BCUT2D eigenvalue weighted by Crippen LogP contribution is 2.42. The molecule has 0 spiro atoms. The summed E-state index contributed by atoms with van der Waals surface area (Å²) in [6, 6.07) is 27.9. The average Bonchev–Trinajstić information content (AvgIpc) is 3.85. The van der Waals surface area contributed by atoms with Crippen LogP contribution in [-0.2, 0) is 0 Å². The van der Waals surface area contributed by atoms with Crippen molar-refractivity contribution in [3.8, 4) is 55.6 Å². The first-order chi connectivity index (χ1) is 36.8. The third-order valence-electron chi connectivity index (χ3n) is 10.4. The number of benzene rings is 10. The molecule has 60 heavy (non-hydrogen) atoms. The summed E-state index contributed by atoms with van der Waals surface area (Å²) in [6.45, 7) is 0. The van der Waals surface area contributed by atoms with Crippen molar-refractivity contribution in [2.75, 3.05) is 4.90 Å². The molecule has 0 saturated heterocycles. The van der Waals surface area contributed by atoms with Crippen LogP contribution in [0.25, 0.3) is 88.3 Å². The first kappa shape index (κ1) is 21.7. The van der Waals surface area contributed by atoms with Crippen molar-refractivity contribution in [2.45, 2.75) is 0 Å². The van der Waals surface area contributed by atoms with E-state index in [1.165, 1.54) is 0 Å². The van der Waals surface area contributed by atoms with Crippen LogP contribution in [0.15, 0.2) is 241 Å². The molecule has 0 atom stereocenters. The van der Waals surface area contributed by atoms with E-state index >= 15 is 0 Å². The summed E-state index contributed by atoms with van der Waals surface area (Å²) in [7, 11) is 0. The highest BCUT2D eigenvalue weighted by Gasteiger charge is 2.17. The van der Waals surface area contributed by atoms with Crippen molar-refractivity contribution < 1.29 is 27.7 Å². The first-order valence-corrected chi connectivity index (χ1v) is 19.1. The summed E-state index contributed by atoms with van der Waals surface area (Å²) in [6.07, 6.45) is 0. The molecule has 0 aliphatic rings. The minimum atomic E-state index is -0.881. The summed E-state index contributed by atoms with van der Waals surface area (Å²) >= 11 is 0. The molecule has 2 nitrogen and oxygen atoms in total. The molecule has 0 fully saturated rings. The van der Waals surface area contributed by atoms with Crippen molar-refractivity contribution in [3.05, 3.63) is 236 Å². The second-order valence-electron chi connectivity index (χ2n) is 14.0. The van der Waals surface area contributed by atoms with E-state index < -0.39 is 136 Å². The predicted molar refractivity (Wildman–Crippen MR) is 253 cm³/mol. The molecule has 2 heteroatoms. The Labute approximate surface area is 373 Å². The molecule has 1 heterocycles. The Morgan fingerprint density at radius 2 is 0.900 bits per heavy atom. The second-order valence-corrected chi connectivity index (χ2v) is 14.0. The van der Waals surface area contributed by atoms with Gasteiger partial charge in [-0.25, -0.2) is 0 Å². The number of hydrogen-bond donors (Lipinski definition) is 0. The van der Waals surface area contributed by atoms with Gasteiger partial charge in [0.1, 0.15) is 11.2 Å². The lowest BCUT2D eigenvalue weighted by atomic mass is 9.97.